The van der Waals surface area contributed by atoms with Gasteiger partial charge in [-0.25, -0.2) is 13.1 Å². The summed E-state index contributed by atoms with van der Waals surface area (Å²) in [7, 11) is -3.69. The normalized spacial score (nSPS) is 19.5. The zero-order chi connectivity index (χ0) is 14.9. The molecule has 3 rings (SSSR count). The van der Waals surface area contributed by atoms with Crippen LogP contribution in [0, 0.1) is 0 Å². The number of amides is 1. The van der Waals surface area contributed by atoms with E-state index in [0.29, 0.717) is 25.0 Å². The van der Waals surface area contributed by atoms with Crippen LogP contribution in [0.5, 0.6) is 0 Å². The van der Waals surface area contributed by atoms with Crippen LogP contribution in [0.1, 0.15) is 23.2 Å². The van der Waals surface area contributed by atoms with Crippen molar-refractivity contribution in [3.05, 3.63) is 35.2 Å². The highest BCUT2D eigenvalue weighted by Gasteiger charge is 2.29. The third-order valence-corrected chi connectivity index (χ3v) is 6.12. The lowest BCUT2D eigenvalue weighted by Gasteiger charge is -2.22. The molecule has 1 aliphatic heterocycles. The van der Waals surface area contributed by atoms with E-state index in [0.717, 1.165) is 10.1 Å². The Labute approximate surface area is 127 Å². The molecule has 1 saturated heterocycles. The highest BCUT2D eigenvalue weighted by atomic mass is 32.2. The molecule has 7 heteroatoms. The van der Waals surface area contributed by atoms with Gasteiger partial charge in [0, 0.05) is 16.9 Å². The number of carbonyl (C=O) groups excluding carboxylic acids is 1. The van der Waals surface area contributed by atoms with Gasteiger partial charge in [-0.1, -0.05) is 0 Å². The molecule has 0 spiro atoms. The number of nitrogens with one attached hydrogen (secondary N) is 1. The molecule has 1 aromatic heterocycles. The lowest BCUT2D eigenvalue weighted by atomic mass is 10.1. The van der Waals surface area contributed by atoms with Crippen LogP contribution in [-0.2, 0) is 14.8 Å². The lowest BCUT2D eigenvalue weighted by molar-refractivity contribution is 0.0953. The second-order valence-electron chi connectivity index (χ2n) is 4.99. The van der Waals surface area contributed by atoms with E-state index in [4.69, 9.17) is 4.74 Å². The number of thiophene rings is 1. The molecule has 112 valence electrons. The van der Waals surface area contributed by atoms with Gasteiger partial charge in [0.25, 0.3) is 5.91 Å². The van der Waals surface area contributed by atoms with Crippen molar-refractivity contribution >= 4 is 37.4 Å². The van der Waals surface area contributed by atoms with Gasteiger partial charge in [-0.3, -0.25) is 4.79 Å². The van der Waals surface area contributed by atoms with E-state index in [-0.39, 0.29) is 6.61 Å². The first-order valence-electron chi connectivity index (χ1n) is 6.67. The molecule has 1 aromatic carbocycles. The van der Waals surface area contributed by atoms with Gasteiger partial charge in [-0.05, 0) is 47.9 Å². The molecule has 1 amide bonds. The molecule has 0 saturated carbocycles. The Morgan fingerprint density at radius 1 is 1.33 bits per heavy atom. The number of ether oxygens (including phenoxy) is 1. The van der Waals surface area contributed by atoms with Gasteiger partial charge in [-0.15, -0.1) is 11.3 Å². The van der Waals surface area contributed by atoms with Crippen LogP contribution in [-0.4, -0.2) is 32.8 Å². The highest BCUT2D eigenvalue weighted by Crippen LogP contribution is 2.22. The number of hydrogen-bond donors (Lipinski definition) is 1. The summed E-state index contributed by atoms with van der Waals surface area (Å²) >= 11 is 1.58. The van der Waals surface area contributed by atoms with Crippen LogP contribution in [0.3, 0.4) is 0 Å². The molecule has 1 unspecified atom stereocenters. The van der Waals surface area contributed by atoms with Crippen LogP contribution in [0.25, 0.3) is 10.1 Å². The van der Waals surface area contributed by atoms with Gasteiger partial charge >= 0.3 is 0 Å². The summed E-state index contributed by atoms with van der Waals surface area (Å²) in [5.74, 6) is -0.589. The van der Waals surface area contributed by atoms with Crippen molar-refractivity contribution in [2.24, 2.45) is 0 Å². The Balaban J connectivity index is 1.78. The van der Waals surface area contributed by atoms with Crippen LogP contribution in [0.15, 0.2) is 29.6 Å². The van der Waals surface area contributed by atoms with Crippen molar-refractivity contribution in [1.82, 2.24) is 4.72 Å². The minimum atomic E-state index is -3.69. The van der Waals surface area contributed by atoms with Crippen molar-refractivity contribution in [2.45, 2.75) is 18.1 Å². The standard InChI is InChI=1S/C14H15NO4S2/c16-14(11-3-4-13-10(8-11)5-7-20-13)15-21(17,18)12-2-1-6-19-9-12/h3-5,7-8,12H,1-2,6,9H2,(H,15,16). The Morgan fingerprint density at radius 2 is 2.19 bits per heavy atom. The van der Waals surface area contributed by atoms with Crippen molar-refractivity contribution in [3.63, 3.8) is 0 Å². The van der Waals surface area contributed by atoms with E-state index < -0.39 is 21.2 Å². The summed E-state index contributed by atoms with van der Waals surface area (Å²) < 4.78 is 32.7. The topological polar surface area (TPSA) is 72.5 Å². The summed E-state index contributed by atoms with van der Waals surface area (Å²) in [4.78, 5) is 12.1. The minimum Gasteiger partial charge on any atom is -0.380 e. The molecule has 2 heterocycles. The maximum absolute atomic E-state index is 12.2. The summed E-state index contributed by atoms with van der Waals surface area (Å²) in [6.07, 6.45) is 1.22. The molecule has 2 aromatic rings. The fourth-order valence-corrected chi connectivity index (χ4v) is 4.40. The van der Waals surface area contributed by atoms with Crippen LogP contribution >= 0.6 is 11.3 Å². The predicted molar refractivity (Wildman–Crippen MR) is 82.1 cm³/mol. The molecule has 1 fully saturated rings. The Kier molecular flexibility index (Phi) is 3.97. The van der Waals surface area contributed by atoms with Gasteiger partial charge < -0.3 is 4.74 Å². The van der Waals surface area contributed by atoms with Gasteiger partial charge in [0.05, 0.1) is 6.61 Å². The molecule has 21 heavy (non-hydrogen) atoms. The van der Waals surface area contributed by atoms with E-state index >= 15 is 0 Å². The van der Waals surface area contributed by atoms with Crippen LogP contribution in [0.2, 0.25) is 0 Å². The van der Waals surface area contributed by atoms with Crippen LogP contribution < -0.4 is 4.72 Å². The number of rotatable bonds is 3. The van der Waals surface area contributed by atoms with Crippen molar-refractivity contribution in [3.8, 4) is 0 Å². The van der Waals surface area contributed by atoms with Gasteiger partial charge in [0.1, 0.15) is 5.25 Å². The summed E-state index contributed by atoms with van der Waals surface area (Å²) in [6.45, 7) is 0.723. The van der Waals surface area contributed by atoms with Crippen molar-refractivity contribution < 1.29 is 17.9 Å². The van der Waals surface area contributed by atoms with E-state index in [1.807, 2.05) is 17.5 Å². The number of carbonyl (C=O) groups is 1. The zero-order valence-corrected chi connectivity index (χ0v) is 12.9. The SMILES string of the molecule is O=C(NS(=O)(=O)C1CCCOC1)c1ccc2sccc2c1. The van der Waals surface area contributed by atoms with Crippen molar-refractivity contribution in [2.75, 3.05) is 13.2 Å². The van der Waals surface area contributed by atoms with E-state index in [1.54, 1.807) is 23.5 Å². The Morgan fingerprint density at radius 3 is 2.95 bits per heavy atom. The fourth-order valence-electron chi connectivity index (χ4n) is 2.34. The maximum atomic E-state index is 12.2. The molecule has 0 radical (unpaired) electrons. The Hall–Kier alpha value is -1.44. The number of fused-ring (bicyclic) bond motifs is 1. The number of benzene rings is 1. The molecule has 1 N–H and O–H groups in total. The maximum Gasteiger partial charge on any atom is 0.264 e. The Bertz CT molecular complexity index is 760. The summed E-state index contributed by atoms with van der Waals surface area (Å²) in [5.41, 5.74) is 0.348. The molecule has 0 aliphatic carbocycles. The third kappa shape index (κ3) is 3.09. The van der Waals surface area contributed by atoms with E-state index in [9.17, 15) is 13.2 Å². The minimum absolute atomic E-state index is 0.145. The number of sulfonamides is 1. The average molecular weight is 325 g/mol. The highest BCUT2D eigenvalue weighted by molar-refractivity contribution is 7.90. The zero-order valence-electron chi connectivity index (χ0n) is 11.2. The molecular formula is C14H15NO4S2. The average Bonchev–Trinajstić information content (AvgIpc) is 2.95. The van der Waals surface area contributed by atoms with Gasteiger partial charge in [-0.2, -0.15) is 0 Å². The van der Waals surface area contributed by atoms with Crippen molar-refractivity contribution in [1.29, 1.82) is 0 Å². The number of hydrogen-bond acceptors (Lipinski definition) is 5. The predicted octanol–water partition coefficient (Wildman–Crippen LogP) is 2.14. The summed E-state index contributed by atoms with van der Waals surface area (Å²) in [5, 5.41) is 2.22. The molecule has 5 nitrogen and oxygen atoms in total. The molecular weight excluding hydrogens is 310 g/mol. The lowest BCUT2D eigenvalue weighted by Crippen LogP contribution is -2.42. The van der Waals surface area contributed by atoms with Gasteiger partial charge in [0.2, 0.25) is 10.0 Å². The first kappa shape index (κ1) is 14.5. The first-order valence-corrected chi connectivity index (χ1v) is 9.10. The molecule has 1 atom stereocenters. The fraction of sp³-hybridized carbons (Fsp3) is 0.357. The smallest absolute Gasteiger partial charge is 0.264 e. The van der Waals surface area contributed by atoms with E-state index in [1.165, 1.54) is 0 Å². The van der Waals surface area contributed by atoms with Crippen LogP contribution in [0.4, 0.5) is 0 Å². The molecule has 1 aliphatic rings. The van der Waals surface area contributed by atoms with Gasteiger partial charge in [0.15, 0.2) is 0 Å². The second kappa shape index (κ2) is 5.75. The second-order valence-corrected chi connectivity index (χ2v) is 7.90. The quantitative estimate of drug-likeness (QED) is 0.938. The van der Waals surface area contributed by atoms with E-state index in [2.05, 4.69) is 4.72 Å². The largest absolute Gasteiger partial charge is 0.380 e. The summed E-state index contributed by atoms with van der Waals surface area (Å²) in [6, 6.07) is 7.07. The monoisotopic (exact) mass is 325 g/mol. The first-order chi connectivity index (χ1) is 10.1. The third-order valence-electron chi connectivity index (χ3n) is 3.51. The molecule has 0 bridgehead atoms.